The van der Waals surface area contributed by atoms with Crippen LogP contribution in [0.15, 0.2) is 10.9 Å². The number of carbonyl (C=O) groups is 1. The summed E-state index contributed by atoms with van der Waals surface area (Å²) in [5, 5.41) is 8.92. The van der Waals surface area contributed by atoms with E-state index in [0.29, 0.717) is 25.3 Å². The van der Waals surface area contributed by atoms with Crippen molar-refractivity contribution in [2.75, 3.05) is 19.8 Å². The number of hydrogen-bond donors (Lipinski definition) is 1. The van der Waals surface area contributed by atoms with Crippen molar-refractivity contribution in [1.29, 1.82) is 5.26 Å². The molecule has 0 aliphatic rings. The standard InChI is InChI=1S/C13H16N2O4/c1-3-18-6-5-9-7-10(13(17)19-4-2)11(8-14)12(16)15-9/h7H,3-6H2,1-2H3,(H,15,16). The van der Waals surface area contributed by atoms with Crippen molar-refractivity contribution in [1.82, 2.24) is 4.98 Å². The fraction of sp³-hybridized carbons (Fsp3) is 0.462. The number of rotatable bonds is 6. The molecule has 6 heteroatoms. The molecule has 6 nitrogen and oxygen atoms in total. The lowest BCUT2D eigenvalue weighted by atomic mass is 10.1. The Morgan fingerprint density at radius 2 is 2.16 bits per heavy atom. The first kappa shape index (κ1) is 14.9. The number of nitriles is 1. The Morgan fingerprint density at radius 1 is 1.42 bits per heavy atom. The molecule has 0 bridgehead atoms. The predicted octanol–water partition coefficient (Wildman–Crippen LogP) is 1.00. The number of nitrogens with zero attached hydrogens (tertiary/aromatic N) is 1. The van der Waals surface area contributed by atoms with E-state index in [9.17, 15) is 9.59 Å². The molecule has 0 spiro atoms. The lowest BCUT2D eigenvalue weighted by molar-refractivity contribution is 0.0525. The zero-order chi connectivity index (χ0) is 14.3. The number of hydrogen-bond acceptors (Lipinski definition) is 5. The third-order valence-electron chi connectivity index (χ3n) is 2.42. The lowest BCUT2D eigenvalue weighted by Crippen LogP contribution is -2.20. The maximum Gasteiger partial charge on any atom is 0.339 e. The Bertz CT molecular complexity index is 543. The molecule has 1 aromatic heterocycles. The maximum absolute atomic E-state index is 11.7. The molecule has 0 atom stereocenters. The second-order valence-electron chi connectivity index (χ2n) is 3.69. The normalized spacial score (nSPS) is 9.95. The molecule has 0 saturated heterocycles. The molecule has 0 aromatic carbocycles. The summed E-state index contributed by atoms with van der Waals surface area (Å²) in [5.74, 6) is -0.664. The van der Waals surface area contributed by atoms with Crippen LogP contribution in [0.4, 0.5) is 0 Å². The van der Waals surface area contributed by atoms with E-state index in [0.717, 1.165) is 0 Å². The molecule has 102 valence electrons. The summed E-state index contributed by atoms with van der Waals surface area (Å²) in [6.07, 6.45) is 0.460. The fourth-order valence-corrected chi connectivity index (χ4v) is 1.56. The van der Waals surface area contributed by atoms with Gasteiger partial charge in [-0.15, -0.1) is 0 Å². The van der Waals surface area contributed by atoms with Gasteiger partial charge in [0.05, 0.1) is 18.8 Å². The van der Waals surface area contributed by atoms with Crippen molar-refractivity contribution in [2.24, 2.45) is 0 Å². The van der Waals surface area contributed by atoms with Crippen LogP contribution in [0.1, 0.15) is 35.5 Å². The molecule has 0 amide bonds. The highest BCUT2D eigenvalue weighted by atomic mass is 16.5. The third-order valence-corrected chi connectivity index (χ3v) is 2.42. The molecule has 1 heterocycles. The van der Waals surface area contributed by atoms with E-state index in [4.69, 9.17) is 14.7 Å². The molecule has 19 heavy (non-hydrogen) atoms. The van der Waals surface area contributed by atoms with Crippen LogP contribution in [0.3, 0.4) is 0 Å². The van der Waals surface area contributed by atoms with Crippen LogP contribution in [-0.2, 0) is 15.9 Å². The molecule has 1 rings (SSSR count). The third kappa shape index (κ3) is 3.93. The van der Waals surface area contributed by atoms with E-state index in [-0.39, 0.29) is 17.7 Å². The summed E-state index contributed by atoms with van der Waals surface area (Å²) >= 11 is 0. The van der Waals surface area contributed by atoms with Gasteiger partial charge in [0.2, 0.25) is 0 Å². The van der Waals surface area contributed by atoms with Crippen LogP contribution in [0.25, 0.3) is 0 Å². The number of carbonyl (C=O) groups excluding carboxylic acids is 1. The number of esters is 1. The summed E-state index contributed by atoms with van der Waals surface area (Å²) in [6.45, 7) is 4.72. The Hall–Kier alpha value is -2.13. The molecule has 0 saturated carbocycles. The number of aromatic amines is 1. The van der Waals surface area contributed by atoms with Crippen molar-refractivity contribution in [2.45, 2.75) is 20.3 Å². The van der Waals surface area contributed by atoms with Gasteiger partial charge < -0.3 is 14.5 Å². The van der Waals surface area contributed by atoms with E-state index in [1.54, 1.807) is 13.0 Å². The zero-order valence-electron chi connectivity index (χ0n) is 11.0. The second kappa shape index (κ2) is 7.34. The number of ether oxygens (including phenoxy) is 2. The molecule has 0 radical (unpaired) electrons. The van der Waals surface area contributed by atoms with Gasteiger partial charge in [-0.2, -0.15) is 5.26 Å². The smallest absolute Gasteiger partial charge is 0.339 e. The van der Waals surface area contributed by atoms with Gasteiger partial charge >= 0.3 is 5.97 Å². The fourth-order valence-electron chi connectivity index (χ4n) is 1.56. The van der Waals surface area contributed by atoms with Crippen molar-refractivity contribution >= 4 is 5.97 Å². The molecular weight excluding hydrogens is 248 g/mol. The SMILES string of the molecule is CCOCCc1cc(C(=O)OCC)c(C#N)c(=O)[nH]1. The van der Waals surface area contributed by atoms with Gasteiger partial charge in [-0.25, -0.2) is 4.79 Å². The minimum absolute atomic E-state index is 0.000372. The average Bonchev–Trinajstić information content (AvgIpc) is 2.38. The number of H-pyrrole nitrogens is 1. The summed E-state index contributed by atoms with van der Waals surface area (Å²) in [4.78, 5) is 26.0. The topological polar surface area (TPSA) is 92.2 Å². The molecule has 0 aliphatic heterocycles. The van der Waals surface area contributed by atoms with E-state index < -0.39 is 11.5 Å². The summed E-state index contributed by atoms with van der Waals surface area (Å²) < 4.78 is 10.0. The number of nitrogens with one attached hydrogen (secondary N) is 1. The van der Waals surface area contributed by atoms with Gasteiger partial charge in [0, 0.05) is 18.7 Å². The largest absolute Gasteiger partial charge is 0.462 e. The highest BCUT2D eigenvalue weighted by molar-refractivity contribution is 5.92. The second-order valence-corrected chi connectivity index (χ2v) is 3.69. The molecule has 0 fully saturated rings. The first-order valence-electron chi connectivity index (χ1n) is 6.05. The lowest BCUT2D eigenvalue weighted by Gasteiger charge is -2.07. The van der Waals surface area contributed by atoms with Crippen molar-refractivity contribution in [3.63, 3.8) is 0 Å². The number of pyridine rings is 1. The number of aromatic nitrogens is 1. The van der Waals surface area contributed by atoms with Gasteiger partial charge in [0.1, 0.15) is 11.6 Å². The summed E-state index contributed by atoms with van der Waals surface area (Å²) in [7, 11) is 0. The quantitative estimate of drug-likeness (QED) is 0.611. The van der Waals surface area contributed by atoms with Crippen LogP contribution in [0.2, 0.25) is 0 Å². The molecule has 0 aliphatic carbocycles. The average molecular weight is 264 g/mol. The van der Waals surface area contributed by atoms with Crippen LogP contribution in [0.5, 0.6) is 0 Å². The van der Waals surface area contributed by atoms with E-state index in [2.05, 4.69) is 4.98 Å². The molecule has 1 N–H and O–H groups in total. The van der Waals surface area contributed by atoms with Gasteiger partial charge in [-0.1, -0.05) is 0 Å². The van der Waals surface area contributed by atoms with Crippen LogP contribution < -0.4 is 5.56 Å². The summed E-state index contributed by atoms with van der Waals surface area (Å²) in [5.41, 5.74) is -0.265. The van der Waals surface area contributed by atoms with Gasteiger partial charge in [0.15, 0.2) is 0 Å². The highest BCUT2D eigenvalue weighted by Gasteiger charge is 2.17. The van der Waals surface area contributed by atoms with Crippen molar-refractivity contribution < 1.29 is 14.3 Å². The van der Waals surface area contributed by atoms with Crippen LogP contribution in [-0.4, -0.2) is 30.8 Å². The van der Waals surface area contributed by atoms with Crippen molar-refractivity contribution in [3.05, 3.63) is 33.2 Å². The molecular formula is C13H16N2O4. The first-order valence-corrected chi connectivity index (χ1v) is 6.05. The Labute approximate surface area is 111 Å². The Kier molecular flexibility index (Phi) is 5.76. The monoisotopic (exact) mass is 264 g/mol. The predicted molar refractivity (Wildman–Crippen MR) is 67.9 cm³/mol. The van der Waals surface area contributed by atoms with Crippen molar-refractivity contribution in [3.8, 4) is 6.07 Å². The minimum Gasteiger partial charge on any atom is -0.462 e. The first-order chi connectivity index (χ1) is 9.13. The Balaban J connectivity index is 3.09. The van der Waals surface area contributed by atoms with Crippen LogP contribution >= 0.6 is 0 Å². The van der Waals surface area contributed by atoms with E-state index in [1.165, 1.54) is 6.07 Å². The highest BCUT2D eigenvalue weighted by Crippen LogP contribution is 2.08. The molecule has 1 aromatic rings. The van der Waals surface area contributed by atoms with Crippen LogP contribution in [0, 0.1) is 11.3 Å². The van der Waals surface area contributed by atoms with E-state index >= 15 is 0 Å². The maximum atomic E-state index is 11.7. The summed E-state index contributed by atoms with van der Waals surface area (Å²) in [6, 6.07) is 3.19. The molecule has 0 unspecified atom stereocenters. The van der Waals surface area contributed by atoms with E-state index in [1.807, 2.05) is 6.92 Å². The van der Waals surface area contributed by atoms with Gasteiger partial charge in [-0.05, 0) is 19.9 Å². The zero-order valence-corrected chi connectivity index (χ0v) is 11.0. The Morgan fingerprint density at radius 3 is 2.74 bits per heavy atom. The van der Waals surface area contributed by atoms with Gasteiger partial charge in [-0.3, -0.25) is 4.79 Å². The minimum atomic E-state index is -0.664. The van der Waals surface area contributed by atoms with Gasteiger partial charge in [0.25, 0.3) is 5.56 Å².